The minimum Gasteiger partial charge on any atom is -0.341 e. The first-order valence-electron chi connectivity index (χ1n) is 6.88. The largest absolute Gasteiger partial charge is 0.341 e. The molecule has 0 radical (unpaired) electrons. The molecule has 0 spiro atoms. The van der Waals surface area contributed by atoms with Crippen molar-refractivity contribution >= 4 is 38.9 Å². The van der Waals surface area contributed by atoms with Crippen LogP contribution >= 0.6 is 22.9 Å². The Balaban J connectivity index is 2.17. The molecule has 1 aromatic heterocycles. The van der Waals surface area contributed by atoms with Gasteiger partial charge >= 0.3 is 0 Å². The molecule has 0 aliphatic carbocycles. The first-order chi connectivity index (χ1) is 9.81. The highest BCUT2D eigenvalue weighted by atomic mass is 35.5. The maximum Gasteiger partial charge on any atom is 0.250 e. The standard InChI is InChI=1S/C13H19ClN2O3S2/c1-9(2)12(13(17)16-7-3-4-8-16)15-21(18,19)11-6-5-10(14)20-11/h5-6,9,12,15H,3-4,7-8H2,1-2H3/t12-/m0/s1. The van der Waals surface area contributed by atoms with Gasteiger partial charge in [0.25, 0.3) is 10.0 Å². The van der Waals surface area contributed by atoms with Crippen molar-refractivity contribution in [3.8, 4) is 0 Å². The number of hydrogen-bond acceptors (Lipinski definition) is 4. The first-order valence-corrected chi connectivity index (χ1v) is 9.55. The molecule has 1 saturated heterocycles. The molecule has 1 aromatic rings. The molecule has 0 bridgehead atoms. The summed E-state index contributed by atoms with van der Waals surface area (Å²) in [4.78, 5) is 14.2. The SMILES string of the molecule is CC(C)[C@H](NS(=O)(=O)c1ccc(Cl)s1)C(=O)N1CCCC1. The Morgan fingerprint density at radius 2 is 1.95 bits per heavy atom. The molecule has 1 fully saturated rings. The van der Waals surface area contributed by atoms with Gasteiger partial charge in [0, 0.05) is 13.1 Å². The van der Waals surface area contributed by atoms with Crippen LogP contribution in [-0.2, 0) is 14.8 Å². The van der Waals surface area contributed by atoms with Gasteiger partial charge in [0.15, 0.2) is 0 Å². The van der Waals surface area contributed by atoms with Crippen molar-refractivity contribution in [2.24, 2.45) is 5.92 Å². The molecule has 0 saturated carbocycles. The summed E-state index contributed by atoms with van der Waals surface area (Å²) in [6.45, 7) is 5.08. The van der Waals surface area contributed by atoms with Gasteiger partial charge in [-0.3, -0.25) is 4.79 Å². The number of hydrogen-bond donors (Lipinski definition) is 1. The number of amides is 1. The van der Waals surface area contributed by atoms with Crippen molar-refractivity contribution in [2.45, 2.75) is 36.9 Å². The van der Waals surface area contributed by atoms with E-state index >= 15 is 0 Å². The number of nitrogens with one attached hydrogen (secondary N) is 1. The number of nitrogens with zero attached hydrogens (tertiary/aromatic N) is 1. The molecule has 0 unspecified atom stereocenters. The molecule has 118 valence electrons. The van der Waals surface area contributed by atoms with Crippen LogP contribution < -0.4 is 4.72 Å². The van der Waals surface area contributed by atoms with Gasteiger partial charge in [-0.15, -0.1) is 11.3 Å². The number of thiophene rings is 1. The number of carbonyl (C=O) groups excluding carboxylic acids is 1. The Bertz CT molecular complexity index is 607. The van der Waals surface area contributed by atoms with Gasteiger partial charge in [0.1, 0.15) is 10.3 Å². The number of sulfonamides is 1. The van der Waals surface area contributed by atoms with E-state index in [1.807, 2.05) is 13.8 Å². The second-order valence-corrected chi connectivity index (χ2v) is 9.09. The molecule has 21 heavy (non-hydrogen) atoms. The molecule has 5 nitrogen and oxygen atoms in total. The Labute approximate surface area is 134 Å². The number of rotatable bonds is 5. The van der Waals surface area contributed by atoms with E-state index in [9.17, 15) is 13.2 Å². The molecule has 0 aromatic carbocycles. The minimum atomic E-state index is -3.72. The van der Waals surface area contributed by atoms with Gasteiger partial charge in [0.05, 0.1) is 4.34 Å². The fraction of sp³-hybridized carbons (Fsp3) is 0.615. The smallest absolute Gasteiger partial charge is 0.250 e. The van der Waals surface area contributed by atoms with Crippen molar-refractivity contribution in [1.82, 2.24) is 9.62 Å². The van der Waals surface area contributed by atoms with Crippen molar-refractivity contribution < 1.29 is 13.2 Å². The molecule has 2 heterocycles. The van der Waals surface area contributed by atoms with Gasteiger partial charge in [-0.05, 0) is 30.9 Å². The fourth-order valence-corrected chi connectivity index (χ4v) is 5.11. The molecule has 2 rings (SSSR count). The summed E-state index contributed by atoms with van der Waals surface area (Å²) in [6.07, 6.45) is 1.95. The van der Waals surface area contributed by atoms with Crippen LogP contribution in [0.15, 0.2) is 16.3 Å². The molecular formula is C13H19ClN2O3S2. The number of halogens is 1. The van der Waals surface area contributed by atoms with Crippen molar-refractivity contribution in [1.29, 1.82) is 0 Å². The van der Waals surface area contributed by atoms with Gasteiger partial charge < -0.3 is 4.90 Å². The monoisotopic (exact) mass is 350 g/mol. The number of carbonyl (C=O) groups is 1. The van der Waals surface area contributed by atoms with Crippen LogP contribution in [0.1, 0.15) is 26.7 Å². The van der Waals surface area contributed by atoms with Crippen molar-refractivity contribution in [3.63, 3.8) is 0 Å². The van der Waals surface area contributed by atoms with Gasteiger partial charge in [-0.25, -0.2) is 8.42 Å². The van der Waals surface area contributed by atoms with Crippen LogP contribution in [0.4, 0.5) is 0 Å². The molecule has 1 N–H and O–H groups in total. The summed E-state index contributed by atoms with van der Waals surface area (Å²) in [5, 5.41) is 0. The van der Waals surface area contributed by atoms with E-state index in [1.54, 1.807) is 4.90 Å². The van der Waals surface area contributed by atoms with E-state index in [-0.39, 0.29) is 16.0 Å². The quantitative estimate of drug-likeness (QED) is 0.886. The summed E-state index contributed by atoms with van der Waals surface area (Å²) < 4.78 is 27.8. The lowest BCUT2D eigenvalue weighted by Gasteiger charge is -2.26. The summed E-state index contributed by atoms with van der Waals surface area (Å²) in [5.74, 6) is -0.267. The van der Waals surface area contributed by atoms with E-state index in [0.717, 1.165) is 24.2 Å². The van der Waals surface area contributed by atoms with E-state index in [2.05, 4.69) is 4.72 Å². The van der Waals surface area contributed by atoms with E-state index in [4.69, 9.17) is 11.6 Å². The van der Waals surface area contributed by atoms with Gasteiger partial charge in [0.2, 0.25) is 5.91 Å². The summed E-state index contributed by atoms with van der Waals surface area (Å²) in [7, 11) is -3.72. The van der Waals surface area contributed by atoms with Crippen molar-refractivity contribution in [2.75, 3.05) is 13.1 Å². The lowest BCUT2D eigenvalue weighted by molar-refractivity contribution is -0.132. The minimum absolute atomic E-state index is 0.122. The first kappa shape index (κ1) is 16.7. The Morgan fingerprint density at radius 1 is 1.33 bits per heavy atom. The summed E-state index contributed by atoms with van der Waals surface area (Å²) >= 11 is 6.77. The molecular weight excluding hydrogens is 332 g/mol. The highest BCUT2D eigenvalue weighted by Crippen LogP contribution is 2.26. The van der Waals surface area contributed by atoms with Crippen LogP contribution in [0.2, 0.25) is 4.34 Å². The van der Waals surface area contributed by atoms with Crippen molar-refractivity contribution in [3.05, 3.63) is 16.5 Å². The van der Waals surface area contributed by atoms with Crippen LogP contribution in [-0.4, -0.2) is 38.4 Å². The van der Waals surface area contributed by atoms with Crippen LogP contribution in [0.5, 0.6) is 0 Å². The van der Waals surface area contributed by atoms with Gasteiger partial charge in [-0.1, -0.05) is 25.4 Å². The number of likely N-dealkylation sites (tertiary alicyclic amines) is 1. The Hall–Kier alpha value is -0.630. The fourth-order valence-electron chi connectivity index (χ4n) is 2.27. The Kier molecular flexibility index (Phi) is 5.29. The predicted molar refractivity (Wildman–Crippen MR) is 84.1 cm³/mol. The molecule has 1 aliphatic rings. The highest BCUT2D eigenvalue weighted by molar-refractivity contribution is 7.91. The second kappa shape index (κ2) is 6.64. The molecule has 8 heteroatoms. The normalized spacial score (nSPS) is 17.4. The zero-order valence-electron chi connectivity index (χ0n) is 12.0. The lowest BCUT2D eigenvalue weighted by atomic mass is 10.0. The molecule has 1 atom stereocenters. The van der Waals surface area contributed by atoms with Crippen LogP contribution in [0.3, 0.4) is 0 Å². The topological polar surface area (TPSA) is 66.5 Å². The van der Waals surface area contributed by atoms with E-state index < -0.39 is 16.1 Å². The van der Waals surface area contributed by atoms with Gasteiger partial charge in [-0.2, -0.15) is 4.72 Å². The van der Waals surface area contributed by atoms with Crippen LogP contribution in [0.25, 0.3) is 0 Å². The van der Waals surface area contributed by atoms with Crippen LogP contribution in [0, 0.1) is 5.92 Å². The summed E-state index contributed by atoms with van der Waals surface area (Å²) in [6, 6.07) is 2.24. The zero-order valence-corrected chi connectivity index (χ0v) is 14.4. The maximum absolute atomic E-state index is 12.5. The third-order valence-electron chi connectivity index (χ3n) is 3.45. The third-order valence-corrected chi connectivity index (χ3v) is 6.61. The second-order valence-electron chi connectivity index (χ2n) is 5.43. The molecule has 1 amide bonds. The Morgan fingerprint density at radius 3 is 2.43 bits per heavy atom. The maximum atomic E-state index is 12.5. The molecule has 1 aliphatic heterocycles. The third kappa shape index (κ3) is 3.97. The average molecular weight is 351 g/mol. The van der Waals surface area contributed by atoms with E-state index in [0.29, 0.717) is 17.4 Å². The summed E-state index contributed by atoms with van der Waals surface area (Å²) in [5.41, 5.74) is 0. The lowest BCUT2D eigenvalue weighted by Crippen LogP contribution is -2.50. The zero-order chi connectivity index (χ0) is 15.6. The predicted octanol–water partition coefficient (Wildman–Crippen LogP) is 2.33. The highest BCUT2D eigenvalue weighted by Gasteiger charge is 2.33. The van der Waals surface area contributed by atoms with E-state index in [1.165, 1.54) is 12.1 Å². The average Bonchev–Trinajstić information content (AvgIpc) is 3.05.